The summed E-state index contributed by atoms with van der Waals surface area (Å²) in [6.07, 6.45) is 0. The average Bonchev–Trinajstić information content (AvgIpc) is 2.49. The molecule has 0 amide bonds. The minimum Gasteiger partial charge on any atom is -0.465 e. The van der Waals surface area contributed by atoms with Gasteiger partial charge in [-0.3, -0.25) is 14.9 Å². The van der Waals surface area contributed by atoms with E-state index in [0.29, 0.717) is 6.07 Å². The van der Waals surface area contributed by atoms with E-state index >= 15 is 0 Å². The van der Waals surface area contributed by atoms with Crippen LogP contribution in [0.2, 0.25) is 0 Å². The number of hydrogen-bond acceptors (Lipinski definition) is 7. The molecule has 0 unspecified atom stereocenters. The van der Waals surface area contributed by atoms with E-state index in [4.69, 9.17) is 9.47 Å². The zero-order valence-corrected chi connectivity index (χ0v) is 13.3. The molecule has 8 nitrogen and oxygen atoms in total. The second-order valence-corrected chi connectivity index (χ2v) is 4.67. The smallest absolute Gasteiger partial charge is 0.336 e. The zero-order valence-electron chi connectivity index (χ0n) is 13.3. The molecule has 9 heteroatoms. The van der Waals surface area contributed by atoms with Gasteiger partial charge >= 0.3 is 11.9 Å². The Morgan fingerprint density at radius 1 is 1.17 bits per heavy atom. The summed E-state index contributed by atoms with van der Waals surface area (Å²) in [6.45, 7) is 3.42. The number of carbonyl (C=O) groups is 3. The van der Waals surface area contributed by atoms with Gasteiger partial charge in [-0.25, -0.2) is 14.0 Å². The predicted molar refractivity (Wildman–Crippen MR) is 78.7 cm³/mol. The van der Waals surface area contributed by atoms with Crippen molar-refractivity contribution in [2.75, 3.05) is 13.2 Å². The van der Waals surface area contributed by atoms with Gasteiger partial charge in [0.15, 0.2) is 5.78 Å². The highest BCUT2D eigenvalue weighted by Gasteiger charge is 2.58. The molecule has 24 heavy (non-hydrogen) atoms. The summed E-state index contributed by atoms with van der Waals surface area (Å²) in [5, 5.41) is 11.2. The Morgan fingerprint density at radius 2 is 1.67 bits per heavy atom. The molecule has 130 valence electrons. The predicted octanol–water partition coefficient (Wildman–Crippen LogP) is 1.69. The van der Waals surface area contributed by atoms with Gasteiger partial charge in [0.05, 0.1) is 29.8 Å². The lowest BCUT2D eigenvalue weighted by Crippen LogP contribution is -2.52. The molecule has 0 aromatic heterocycles. The minimum absolute atomic E-state index is 0.178. The van der Waals surface area contributed by atoms with Crippen LogP contribution in [0.25, 0.3) is 0 Å². The van der Waals surface area contributed by atoms with Crippen LogP contribution >= 0.6 is 0 Å². The van der Waals surface area contributed by atoms with E-state index in [1.807, 2.05) is 0 Å². The van der Waals surface area contributed by atoms with Gasteiger partial charge in [0.1, 0.15) is 5.82 Å². The van der Waals surface area contributed by atoms with Crippen molar-refractivity contribution in [3.05, 3.63) is 39.7 Å². The van der Waals surface area contributed by atoms with Crippen molar-refractivity contribution in [2.24, 2.45) is 0 Å². The lowest BCUT2D eigenvalue weighted by Gasteiger charge is -2.26. The van der Waals surface area contributed by atoms with E-state index in [1.165, 1.54) is 13.8 Å². The largest absolute Gasteiger partial charge is 0.465 e. The normalized spacial score (nSPS) is 10.8. The molecule has 0 fully saturated rings. The molecule has 0 aliphatic heterocycles. The number of benzene rings is 1. The van der Waals surface area contributed by atoms with Gasteiger partial charge < -0.3 is 9.47 Å². The minimum atomic E-state index is -2.69. The Labute approximate surface area is 136 Å². The molecule has 0 radical (unpaired) electrons. The SMILES string of the molecule is CCOC(=O)C(C(C)=O)(C(=O)OCC)c1ccc(F)cc1[N+](=O)[O-]. The Bertz CT molecular complexity index is 668. The highest BCUT2D eigenvalue weighted by atomic mass is 19.1. The van der Waals surface area contributed by atoms with Crippen LogP contribution in [0.4, 0.5) is 10.1 Å². The first-order chi connectivity index (χ1) is 11.2. The van der Waals surface area contributed by atoms with Crippen LogP contribution in [0.1, 0.15) is 26.3 Å². The third-order valence-corrected chi connectivity index (χ3v) is 3.25. The van der Waals surface area contributed by atoms with Gasteiger partial charge in [0.2, 0.25) is 0 Å². The molecular formula is C15H16FNO7. The molecule has 1 rings (SSSR count). The van der Waals surface area contributed by atoms with Crippen LogP contribution in [0.15, 0.2) is 18.2 Å². The number of nitrogens with zero attached hydrogens (tertiary/aromatic N) is 1. The Hall–Kier alpha value is -2.84. The van der Waals surface area contributed by atoms with E-state index in [2.05, 4.69) is 0 Å². The lowest BCUT2D eigenvalue weighted by atomic mass is 9.76. The van der Waals surface area contributed by atoms with E-state index in [0.717, 1.165) is 19.1 Å². The number of Topliss-reactive ketones (excluding diaryl/α,β-unsaturated/α-hetero) is 1. The summed E-state index contributed by atoms with van der Waals surface area (Å²) in [5.41, 5.74) is -4.19. The summed E-state index contributed by atoms with van der Waals surface area (Å²) in [7, 11) is 0. The fraction of sp³-hybridized carbons (Fsp3) is 0.400. The lowest BCUT2D eigenvalue weighted by molar-refractivity contribution is -0.386. The number of nitro benzene ring substituents is 1. The van der Waals surface area contributed by atoms with Crippen LogP contribution in [-0.2, 0) is 29.3 Å². The summed E-state index contributed by atoms with van der Waals surface area (Å²) in [6, 6.07) is 2.16. The molecule has 0 atom stereocenters. The maximum atomic E-state index is 13.4. The van der Waals surface area contributed by atoms with Crippen molar-refractivity contribution in [3.63, 3.8) is 0 Å². The molecule has 0 saturated heterocycles. The molecule has 1 aromatic carbocycles. The van der Waals surface area contributed by atoms with Crippen LogP contribution < -0.4 is 0 Å². The van der Waals surface area contributed by atoms with E-state index in [9.17, 15) is 28.9 Å². The second-order valence-electron chi connectivity index (χ2n) is 4.67. The number of rotatable bonds is 7. The first kappa shape index (κ1) is 19.2. The molecule has 0 spiro atoms. The summed E-state index contributed by atoms with van der Waals surface area (Å²) >= 11 is 0. The van der Waals surface area contributed by atoms with Crippen LogP contribution in [-0.4, -0.2) is 35.9 Å². The molecule has 1 aromatic rings. The maximum Gasteiger partial charge on any atom is 0.336 e. The molecule has 0 heterocycles. The monoisotopic (exact) mass is 341 g/mol. The Morgan fingerprint density at radius 3 is 2.04 bits per heavy atom. The molecule has 0 aliphatic carbocycles. The first-order valence-electron chi connectivity index (χ1n) is 7.03. The number of halogens is 1. The first-order valence-corrected chi connectivity index (χ1v) is 7.03. The molecule has 0 saturated carbocycles. The number of nitro groups is 1. The third kappa shape index (κ3) is 3.24. The standard InChI is InChI=1S/C15H16FNO7/c1-4-23-13(19)15(9(3)18,14(20)24-5-2)11-7-6-10(16)8-12(11)17(21)22/h6-8H,4-5H2,1-3H3. The number of ketones is 1. The van der Waals surface area contributed by atoms with Crippen molar-refractivity contribution >= 4 is 23.4 Å². The Balaban J connectivity index is 3.82. The number of carbonyl (C=O) groups excluding carboxylic acids is 3. The van der Waals surface area contributed by atoms with Crippen molar-refractivity contribution in [1.29, 1.82) is 0 Å². The van der Waals surface area contributed by atoms with Gasteiger partial charge in [-0.05, 0) is 32.9 Å². The quantitative estimate of drug-likeness (QED) is 0.321. The number of esters is 2. The van der Waals surface area contributed by atoms with Crippen LogP contribution in [0.5, 0.6) is 0 Å². The average molecular weight is 341 g/mol. The fourth-order valence-electron chi connectivity index (χ4n) is 2.23. The van der Waals surface area contributed by atoms with Gasteiger partial charge in [0, 0.05) is 0 Å². The van der Waals surface area contributed by atoms with E-state index in [1.54, 1.807) is 0 Å². The number of hydrogen-bond donors (Lipinski definition) is 0. The topological polar surface area (TPSA) is 113 Å². The highest BCUT2D eigenvalue weighted by molar-refractivity contribution is 6.26. The molecule has 0 aliphatic rings. The molecule has 0 N–H and O–H groups in total. The van der Waals surface area contributed by atoms with Crippen molar-refractivity contribution in [3.8, 4) is 0 Å². The van der Waals surface area contributed by atoms with Crippen molar-refractivity contribution in [2.45, 2.75) is 26.2 Å². The van der Waals surface area contributed by atoms with Gasteiger partial charge in [0.25, 0.3) is 11.1 Å². The summed E-state index contributed by atoms with van der Waals surface area (Å²) in [4.78, 5) is 47.3. The van der Waals surface area contributed by atoms with Crippen LogP contribution in [0.3, 0.4) is 0 Å². The van der Waals surface area contributed by atoms with E-state index in [-0.39, 0.29) is 13.2 Å². The fourth-order valence-corrected chi connectivity index (χ4v) is 2.23. The maximum absolute atomic E-state index is 13.4. The Kier molecular flexibility index (Phi) is 6.10. The van der Waals surface area contributed by atoms with Gasteiger partial charge in [-0.2, -0.15) is 0 Å². The van der Waals surface area contributed by atoms with E-state index < -0.39 is 45.1 Å². The molecular weight excluding hydrogens is 325 g/mol. The highest BCUT2D eigenvalue weighted by Crippen LogP contribution is 2.36. The zero-order chi connectivity index (χ0) is 18.5. The van der Waals surface area contributed by atoms with Gasteiger partial charge in [-0.15, -0.1) is 0 Å². The third-order valence-electron chi connectivity index (χ3n) is 3.25. The molecule has 0 bridgehead atoms. The van der Waals surface area contributed by atoms with Crippen LogP contribution in [0, 0.1) is 15.9 Å². The number of ether oxygens (including phenoxy) is 2. The van der Waals surface area contributed by atoms with Crippen molar-refractivity contribution < 1.29 is 33.2 Å². The van der Waals surface area contributed by atoms with Crippen molar-refractivity contribution in [1.82, 2.24) is 0 Å². The summed E-state index contributed by atoms with van der Waals surface area (Å²) in [5.74, 6) is -4.62. The van der Waals surface area contributed by atoms with Gasteiger partial charge in [-0.1, -0.05) is 0 Å². The second kappa shape index (κ2) is 7.62. The summed E-state index contributed by atoms with van der Waals surface area (Å²) < 4.78 is 22.9.